The molecule has 0 aromatic carbocycles. The van der Waals surface area contributed by atoms with Crippen LogP contribution >= 0.6 is 11.8 Å². The number of carbonyl (C=O) groups excluding carboxylic acids is 4. The van der Waals surface area contributed by atoms with E-state index in [2.05, 4.69) is 26.1 Å². The first-order valence-corrected chi connectivity index (χ1v) is 11.8. The Morgan fingerprint density at radius 1 is 1.21 bits per heavy atom. The maximum absolute atomic E-state index is 12.5. The van der Waals surface area contributed by atoms with Crippen LogP contribution < -0.4 is 5.32 Å². The number of Topliss-reactive ketones (excluding diaryl/α,β-unsaturated/α-hetero) is 1. The molecule has 0 bridgehead atoms. The number of nitrogens with zero attached hydrogens (tertiary/aromatic N) is 1. The molecule has 0 aromatic rings. The van der Waals surface area contributed by atoms with Crippen molar-refractivity contribution in [3.63, 3.8) is 0 Å². The zero-order valence-corrected chi connectivity index (χ0v) is 19.7. The maximum Gasteiger partial charge on any atom is 0.242 e. The number of thioether (sulfide) groups is 1. The SMILES string of the molecule is CCC(C)(C)CSC1CC(=O)N(CCCCCC(=O)NC(C(C)=O)C(C)C)C1=O. The molecular formula is C22H38N2O4S. The van der Waals surface area contributed by atoms with Crippen LogP contribution in [0.15, 0.2) is 0 Å². The van der Waals surface area contributed by atoms with Gasteiger partial charge in [-0.2, -0.15) is 0 Å². The summed E-state index contributed by atoms with van der Waals surface area (Å²) in [6.07, 6.45) is 3.82. The summed E-state index contributed by atoms with van der Waals surface area (Å²) in [4.78, 5) is 49.7. The van der Waals surface area contributed by atoms with Crippen LogP contribution in [0.1, 0.15) is 80.1 Å². The molecule has 6 nitrogen and oxygen atoms in total. The van der Waals surface area contributed by atoms with E-state index < -0.39 is 6.04 Å². The molecule has 2 unspecified atom stereocenters. The Labute approximate surface area is 179 Å². The van der Waals surface area contributed by atoms with E-state index in [-0.39, 0.29) is 40.1 Å². The minimum atomic E-state index is -0.436. The number of amides is 3. The Balaban J connectivity index is 2.32. The lowest BCUT2D eigenvalue weighted by atomic mass is 9.93. The fourth-order valence-corrected chi connectivity index (χ4v) is 4.55. The third-order valence-electron chi connectivity index (χ3n) is 5.54. The average molecular weight is 427 g/mol. The van der Waals surface area contributed by atoms with Crippen LogP contribution in [0.5, 0.6) is 0 Å². The molecule has 1 aliphatic rings. The van der Waals surface area contributed by atoms with Gasteiger partial charge in [0, 0.05) is 19.4 Å². The van der Waals surface area contributed by atoms with Crippen LogP contribution in [-0.2, 0) is 19.2 Å². The van der Waals surface area contributed by atoms with Crippen molar-refractivity contribution in [2.45, 2.75) is 91.4 Å². The Kier molecular flexibility index (Phi) is 10.4. The van der Waals surface area contributed by atoms with Gasteiger partial charge in [0.25, 0.3) is 0 Å². The zero-order valence-electron chi connectivity index (χ0n) is 18.9. The predicted octanol–water partition coefficient (Wildman–Crippen LogP) is 3.57. The van der Waals surface area contributed by atoms with Crippen molar-refractivity contribution in [3.05, 3.63) is 0 Å². The third kappa shape index (κ3) is 8.49. The summed E-state index contributed by atoms with van der Waals surface area (Å²) < 4.78 is 0. The van der Waals surface area contributed by atoms with Crippen molar-refractivity contribution in [2.75, 3.05) is 12.3 Å². The summed E-state index contributed by atoms with van der Waals surface area (Å²) >= 11 is 1.60. The third-order valence-corrected chi connectivity index (χ3v) is 7.26. The lowest BCUT2D eigenvalue weighted by molar-refractivity contribution is -0.138. The molecule has 166 valence electrons. The number of carbonyl (C=O) groups is 4. The van der Waals surface area contributed by atoms with Crippen LogP contribution in [0.2, 0.25) is 0 Å². The highest BCUT2D eigenvalue weighted by Crippen LogP contribution is 2.32. The molecule has 1 N–H and O–H groups in total. The highest BCUT2D eigenvalue weighted by atomic mass is 32.2. The molecule has 0 aromatic heterocycles. The number of hydrogen-bond donors (Lipinski definition) is 1. The molecular weight excluding hydrogens is 388 g/mol. The summed E-state index contributed by atoms with van der Waals surface area (Å²) in [5.41, 5.74) is 0.166. The normalized spacial score (nSPS) is 18.4. The van der Waals surface area contributed by atoms with Gasteiger partial charge < -0.3 is 5.32 Å². The monoisotopic (exact) mass is 426 g/mol. The Hall–Kier alpha value is -1.37. The number of hydrogen-bond acceptors (Lipinski definition) is 5. The molecule has 1 rings (SSSR count). The van der Waals surface area contributed by atoms with E-state index in [0.29, 0.717) is 32.2 Å². The van der Waals surface area contributed by atoms with E-state index >= 15 is 0 Å². The second kappa shape index (κ2) is 11.7. The molecule has 2 atom stereocenters. The molecule has 0 saturated carbocycles. The van der Waals surface area contributed by atoms with Crippen LogP contribution in [0.3, 0.4) is 0 Å². The van der Waals surface area contributed by atoms with Crippen molar-refractivity contribution < 1.29 is 19.2 Å². The van der Waals surface area contributed by atoms with Gasteiger partial charge in [0.05, 0.1) is 11.3 Å². The maximum atomic E-state index is 12.5. The van der Waals surface area contributed by atoms with Crippen LogP contribution in [-0.4, -0.2) is 52.0 Å². The highest BCUT2D eigenvalue weighted by molar-refractivity contribution is 8.00. The summed E-state index contributed by atoms with van der Waals surface area (Å²) in [6, 6.07) is -0.436. The van der Waals surface area contributed by atoms with E-state index in [1.807, 2.05) is 13.8 Å². The zero-order chi connectivity index (χ0) is 22.2. The van der Waals surface area contributed by atoms with Crippen LogP contribution in [0.4, 0.5) is 0 Å². The first-order valence-electron chi connectivity index (χ1n) is 10.7. The molecule has 0 spiro atoms. The Morgan fingerprint density at radius 3 is 2.41 bits per heavy atom. The summed E-state index contributed by atoms with van der Waals surface area (Å²) in [5.74, 6) is 0.633. The van der Waals surface area contributed by atoms with Crippen molar-refractivity contribution in [2.24, 2.45) is 11.3 Å². The standard InChI is InChI=1S/C22H38N2O4S/c1-7-22(5,6)14-29-17-13-19(27)24(21(17)28)12-10-8-9-11-18(26)23-20(15(2)3)16(4)25/h15,17,20H,7-14H2,1-6H3,(H,23,26). The summed E-state index contributed by atoms with van der Waals surface area (Å²) in [5, 5.41) is 2.54. The quantitative estimate of drug-likeness (QED) is 0.359. The largest absolute Gasteiger partial charge is 0.346 e. The Bertz CT molecular complexity index is 604. The fraction of sp³-hybridized carbons (Fsp3) is 0.818. The van der Waals surface area contributed by atoms with Crippen LogP contribution in [0, 0.1) is 11.3 Å². The number of rotatable bonds is 13. The van der Waals surface area contributed by atoms with Gasteiger partial charge in [-0.1, -0.05) is 47.5 Å². The topological polar surface area (TPSA) is 83.6 Å². The van der Waals surface area contributed by atoms with E-state index in [4.69, 9.17) is 0 Å². The van der Waals surface area contributed by atoms with Crippen molar-refractivity contribution in [1.82, 2.24) is 10.2 Å². The number of likely N-dealkylation sites (tertiary alicyclic amines) is 1. The first-order chi connectivity index (χ1) is 13.5. The number of nitrogens with one attached hydrogen (secondary N) is 1. The molecule has 1 fully saturated rings. The molecule has 1 heterocycles. The van der Waals surface area contributed by atoms with Gasteiger partial charge in [0.15, 0.2) is 5.78 Å². The molecule has 7 heteroatoms. The van der Waals surface area contributed by atoms with Gasteiger partial charge >= 0.3 is 0 Å². The van der Waals surface area contributed by atoms with Gasteiger partial charge in [0.2, 0.25) is 17.7 Å². The second-order valence-electron chi connectivity index (χ2n) is 9.12. The van der Waals surface area contributed by atoms with Gasteiger partial charge in [-0.05, 0) is 36.9 Å². The summed E-state index contributed by atoms with van der Waals surface area (Å²) in [6.45, 7) is 12.2. The molecule has 1 aliphatic heterocycles. The van der Waals surface area contributed by atoms with Gasteiger partial charge in [0.1, 0.15) is 0 Å². The van der Waals surface area contributed by atoms with Gasteiger partial charge in [-0.25, -0.2) is 0 Å². The second-order valence-corrected chi connectivity index (χ2v) is 10.3. The number of ketones is 1. The van der Waals surface area contributed by atoms with Crippen molar-refractivity contribution in [1.29, 1.82) is 0 Å². The van der Waals surface area contributed by atoms with Gasteiger partial charge in [-0.3, -0.25) is 24.1 Å². The lowest BCUT2D eigenvalue weighted by Gasteiger charge is -2.23. The van der Waals surface area contributed by atoms with E-state index in [1.165, 1.54) is 11.8 Å². The summed E-state index contributed by atoms with van der Waals surface area (Å²) in [7, 11) is 0. The van der Waals surface area contributed by atoms with E-state index in [9.17, 15) is 19.2 Å². The molecule has 1 saturated heterocycles. The average Bonchev–Trinajstić information content (AvgIpc) is 2.91. The number of imide groups is 1. The van der Waals surface area contributed by atoms with Crippen molar-refractivity contribution in [3.8, 4) is 0 Å². The lowest BCUT2D eigenvalue weighted by Crippen LogP contribution is -2.43. The molecule has 3 amide bonds. The molecule has 0 aliphatic carbocycles. The number of unbranched alkanes of at least 4 members (excludes halogenated alkanes) is 2. The van der Waals surface area contributed by atoms with Crippen molar-refractivity contribution >= 4 is 35.3 Å². The van der Waals surface area contributed by atoms with Crippen LogP contribution in [0.25, 0.3) is 0 Å². The van der Waals surface area contributed by atoms with Gasteiger partial charge in [-0.15, -0.1) is 11.8 Å². The van der Waals surface area contributed by atoms with E-state index in [1.54, 1.807) is 11.8 Å². The minimum Gasteiger partial charge on any atom is -0.346 e. The first kappa shape index (κ1) is 25.7. The minimum absolute atomic E-state index is 0.0332. The van der Waals surface area contributed by atoms with E-state index in [0.717, 1.165) is 18.6 Å². The fourth-order valence-electron chi connectivity index (χ4n) is 3.16. The molecule has 29 heavy (non-hydrogen) atoms. The highest BCUT2D eigenvalue weighted by Gasteiger charge is 2.39. The Morgan fingerprint density at radius 2 is 1.86 bits per heavy atom. The predicted molar refractivity (Wildman–Crippen MR) is 118 cm³/mol. The molecule has 0 radical (unpaired) electrons. The smallest absolute Gasteiger partial charge is 0.242 e.